The van der Waals surface area contributed by atoms with Gasteiger partial charge in [-0.05, 0) is 31.0 Å². The largest absolute Gasteiger partial charge is 0.478 e. The summed E-state index contributed by atoms with van der Waals surface area (Å²) in [5.41, 5.74) is 0.256. The zero-order valence-electron chi connectivity index (χ0n) is 11.3. The zero-order valence-corrected chi connectivity index (χ0v) is 12.1. The van der Waals surface area contributed by atoms with Crippen LogP contribution >= 0.6 is 11.6 Å². The molecule has 2 atom stereocenters. The van der Waals surface area contributed by atoms with Crippen molar-refractivity contribution in [2.45, 2.75) is 37.8 Å². The van der Waals surface area contributed by atoms with Gasteiger partial charge in [0.25, 0.3) is 0 Å². The number of aliphatic hydroxyl groups excluding tert-OH is 1. The molecule has 1 aliphatic carbocycles. The Bertz CT molecular complexity index is 550. The van der Waals surface area contributed by atoms with E-state index in [9.17, 15) is 14.7 Å². The van der Waals surface area contributed by atoms with E-state index in [2.05, 4.69) is 10.6 Å². The van der Waals surface area contributed by atoms with Crippen LogP contribution in [-0.2, 0) is 0 Å². The van der Waals surface area contributed by atoms with Gasteiger partial charge in [0.1, 0.15) is 0 Å². The van der Waals surface area contributed by atoms with Crippen molar-refractivity contribution in [1.29, 1.82) is 0 Å². The molecule has 2 rings (SSSR count). The number of carboxylic acid groups (broad SMARTS) is 1. The first-order valence-electron chi connectivity index (χ1n) is 6.76. The molecule has 6 nitrogen and oxygen atoms in total. The number of benzene rings is 1. The Kier molecular flexibility index (Phi) is 5.03. The molecule has 1 aromatic carbocycles. The van der Waals surface area contributed by atoms with Crippen LogP contribution in [0, 0.1) is 0 Å². The minimum absolute atomic E-state index is 0.0767. The first kappa shape index (κ1) is 15.6. The van der Waals surface area contributed by atoms with Gasteiger partial charge in [0.15, 0.2) is 0 Å². The zero-order chi connectivity index (χ0) is 15.4. The molecule has 0 saturated heterocycles. The predicted molar refractivity (Wildman–Crippen MR) is 78.8 cm³/mol. The van der Waals surface area contributed by atoms with E-state index < -0.39 is 18.1 Å². The minimum atomic E-state index is -1.16. The second-order valence-electron chi connectivity index (χ2n) is 5.06. The lowest BCUT2D eigenvalue weighted by Crippen LogP contribution is -2.46. The van der Waals surface area contributed by atoms with Gasteiger partial charge < -0.3 is 20.8 Å². The molecule has 0 bridgehead atoms. The van der Waals surface area contributed by atoms with Gasteiger partial charge in [0.2, 0.25) is 0 Å². The number of aliphatic hydroxyl groups is 1. The van der Waals surface area contributed by atoms with E-state index >= 15 is 0 Å². The molecule has 0 aliphatic heterocycles. The van der Waals surface area contributed by atoms with Crippen molar-refractivity contribution >= 4 is 29.3 Å². The van der Waals surface area contributed by atoms with E-state index in [0.717, 1.165) is 19.3 Å². The fourth-order valence-corrected chi connectivity index (χ4v) is 2.58. The first-order valence-corrected chi connectivity index (χ1v) is 7.13. The van der Waals surface area contributed by atoms with E-state index in [1.807, 2.05) is 0 Å². The minimum Gasteiger partial charge on any atom is -0.478 e. The van der Waals surface area contributed by atoms with Crippen LogP contribution in [0.5, 0.6) is 0 Å². The molecule has 1 aliphatic rings. The molecule has 1 saturated carbocycles. The number of carbonyl (C=O) groups is 2. The SMILES string of the molecule is O=C(Nc1ccc(Cl)c(C(=O)O)c1)NC1CCCCC1O. The van der Waals surface area contributed by atoms with E-state index in [1.54, 1.807) is 0 Å². The number of nitrogens with one attached hydrogen (secondary N) is 2. The highest BCUT2D eigenvalue weighted by Crippen LogP contribution is 2.21. The quantitative estimate of drug-likeness (QED) is 0.689. The Labute approximate surface area is 127 Å². The second-order valence-corrected chi connectivity index (χ2v) is 5.46. The fraction of sp³-hybridized carbons (Fsp3) is 0.429. The van der Waals surface area contributed by atoms with Gasteiger partial charge in [-0.15, -0.1) is 0 Å². The maximum absolute atomic E-state index is 11.9. The average Bonchev–Trinajstić information content (AvgIpc) is 2.43. The molecule has 0 aromatic heterocycles. The number of carbonyl (C=O) groups excluding carboxylic acids is 1. The summed E-state index contributed by atoms with van der Waals surface area (Å²) in [6, 6.07) is 3.48. The summed E-state index contributed by atoms with van der Waals surface area (Å²) in [5.74, 6) is -1.16. The number of urea groups is 1. The molecular weight excluding hydrogens is 296 g/mol. The van der Waals surface area contributed by atoms with Crippen molar-refractivity contribution in [3.8, 4) is 0 Å². The molecule has 2 unspecified atom stereocenters. The number of carboxylic acids is 1. The molecule has 1 fully saturated rings. The summed E-state index contributed by atoms with van der Waals surface area (Å²) >= 11 is 5.76. The molecule has 114 valence electrons. The van der Waals surface area contributed by atoms with Gasteiger partial charge in [-0.1, -0.05) is 24.4 Å². The van der Waals surface area contributed by atoms with Gasteiger partial charge in [-0.3, -0.25) is 0 Å². The normalized spacial score (nSPS) is 21.6. The third kappa shape index (κ3) is 4.09. The Morgan fingerprint density at radius 1 is 1.24 bits per heavy atom. The Morgan fingerprint density at radius 3 is 2.62 bits per heavy atom. The summed E-state index contributed by atoms with van der Waals surface area (Å²) in [5, 5.41) is 24.1. The van der Waals surface area contributed by atoms with Crippen molar-refractivity contribution in [1.82, 2.24) is 5.32 Å². The van der Waals surface area contributed by atoms with Gasteiger partial charge in [-0.2, -0.15) is 0 Å². The summed E-state index contributed by atoms with van der Waals surface area (Å²) in [6.07, 6.45) is 2.79. The lowest BCUT2D eigenvalue weighted by atomic mass is 9.93. The maximum atomic E-state index is 11.9. The van der Waals surface area contributed by atoms with Crippen LogP contribution < -0.4 is 10.6 Å². The highest BCUT2D eigenvalue weighted by Gasteiger charge is 2.24. The molecular formula is C14H17ClN2O4. The van der Waals surface area contributed by atoms with E-state index in [1.165, 1.54) is 18.2 Å². The summed E-state index contributed by atoms with van der Waals surface area (Å²) in [6.45, 7) is 0. The molecule has 7 heteroatoms. The standard InChI is InChI=1S/C14H17ClN2O4/c15-10-6-5-8(7-9(10)13(19)20)16-14(21)17-11-3-1-2-4-12(11)18/h5-7,11-12,18H,1-4H2,(H,19,20)(H2,16,17,21). The van der Waals surface area contributed by atoms with Gasteiger partial charge in [0, 0.05) is 5.69 Å². The van der Waals surface area contributed by atoms with Gasteiger partial charge in [-0.25, -0.2) is 9.59 Å². The van der Waals surface area contributed by atoms with Crippen LogP contribution in [0.15, 0.2) is 18.2 Å². The third-order valence-corrected chi connectivity index (χ3v) is 3.83. The summed E-state index contributed by atoms with van der Waals surface area (Å²) in [4.78, 5) is 22.9. The second kappa shape index (κ2) is 6.78. The van der Waals surface area contributed by atoms with Crippen LogP contribution in [0.3, 0.4) is 0 Å². The van der Waals surface area contributed by atoms with Gasteiger partial charge >= 0.3 is 12.0 Å². The van der Waals surface area contributed by atoms with Crippen molar-refractivity contribution < 1.29 is 19.8 Å². The number of rotatable bonds is 3. The topological polar surface area (TPSA) is 98.7 Å². The Balaban J connectivity index is 1.99. The molecule has 1 aromatic rings. The van der Waals surface area contributed by atoms with E-state index in [4.69, 9.17) is 16.7 Å². The highest BCUT2D eigenvalue weighted by atomic mass is 35.5. The van der Waals surface area contributed by atoms with Crippen molar-refractivity contribution in [3.05, 3.63) is 28.8 Å². The molecule has 2 amide bonds. The number of aromatic carboxylic acids is 1. The molecule has 21 heavy (non-hydrogen) atoms. The molecule has 0 heterocycles. The Hall–Kier alpha value is -1.79. The first-order chi connectivity index (χ1) is 9.97. The lowest BCUT2D eigenvalue weighted by molar-refractivity contribution is 0.0697. The van der Waals surface area contributed by atoms with Crippen LogP contribution in [0.1, 0.15) is 36.0 Å². The molecule has 0 spiro atoms. The monoisotopic (exact) mass is 312 g/mol. The van der Waals surface area contributed by atoms with E-state index in [-0.39, 0.29) is 16.6 Å². The van der Waals surface area contributed by atoms with Gasteiger partial charge in [0.05, 0.1) is 22.7 Å². The number of halogens is 1. The van der Waals surface area contributed by atoms with Crippen molar-refractivity contribution in [2.24, 2.45) is 0 Å². The predicted octanol–water partition coefficient (Wildman–Crippen LogP) is 2.46. The van der Waals surface area contributed by atoms with Crippen molar-refractivity contribution in [2.75, 3.05) is 5.32 Å². The van der Waals surface area contributed by atoms with Crippen molar-refractivity contribution in [3.63, 3.8) is 0 Å². The fourth-order valence-electron chi connectivity index (χ4n) is 2.38. The molecule has 0 radical (unpaired) electrons. The smallest absolute Gasteiger partial charge is 0.337 e. The average molecular weight is 313 g/mol. The summed E-state index contributed by atoms with van der Waals surface area (Å²) in [7, 11) is 0. The number of hydrogen-bond donors (Lipinski definition) is 4. The Morgan fingerprint density at radius 2 is 1.95 bits per heavy atom. The highest BCUT2D eigenvalue weighted by molar-refractivity contribution is 6.33. The number of amides is 2. The van der Waals surface area contributed by atoms with E-state index in [0.29, 0.717) is 12.1 Å². The third-order valence-electron chi connectivity index (χ3n) is 3.50. The van der Waals surface area contributed by atoms with Crippen LogP contribution in [0.25, 0.3) is 0 Å². The van der Waals surface area contributed by atoms with Crippen LogP contribution in [0.4, 0.5) is 10.5 Å². The summed E-state index contributed by atoms with van der Waals surface area (Å²) < 4.78 is 0. The lowest BCUT2D eigenvalue weighted by Gasteiger charge is -2.28. The molecule has 4 N–H and O–H groups in total. The number of anilines is 1. The number of hydrogen-bond acceptors (Lipinski definition) is 3. The van der Waals surface area contributed by atoms with Crippen LogP contribution in [-0.4, -0.2) is 34.4 Å². The maximum Gasteiger partial charge on any atom is 0.337 e. The van der Waals surface area contributed by atoms with Crippen LogP contribution in [0.2, 0.25) is 5.02 Å².